The molecule has 2 aromatic carbocycles. The Kier molecular flexibility index (Phi) is 10.1. The predicted octanol–water partition coefficient (Wildman–Crippen LogP) is 7.69. The minimum absolute atomic E-state index is 0.0250. The van der Waals surface area contributed by atoms with Crippen molar-refractivity contribution in [3.8, 4) is 0 Å². The summed E-state index contributed by atoms with van der Waals surface area (Å²) in [4.78, 5) is 37.1. The van der Waals surface area contributed by atoms with Gasteiger partial charge in [0.25, 0.3) is 0 Å². The number of nitrogens with zero attached hydrogens (tertiary/aromatic N) is 1. The van der Waals surface area contributed by atoms with Crippen LogP contribution in [0.3, 0.4) is 0 Å². The van der Waals surface area contributed by atoms with Gasteiger partial charge in [-0.25, -0.2) is 13.6 Å². The van der Waals surface area contributed by atoms with Crippen molar-refractivity contribution in [2.75, 3.05) is 6.61 Å². The lowest BCUT2D eigenvalue weighted by Crippen LogP contribution is -2.39. The Labute approximate surface area is 243 Å². The summed E-state index contributed by atoms with van der Waals surface area (Å²) in [5.41, 5.74) is 0.772. The van der Waals surface area contributed by atoms with Gasteiger partial charge in [0.1, 0.15) is 17.2 Å². The zero-order valence-corrected chi connectivity index (χ0v) is 26.7. The molecule has 0 fully saturated rings. The second kappa shape index (κ2) is 12.6. The fourth-order valence-corrected chi connectivity index (χ4v) is 6.00. The van der Waals surface area contributed by atoms with E-state index in [0.29, 0.717) is 33.9 Å². The van der Waals surface area contributed by atoms with Crippen LogP contribution in [0, 0.1) is 11.6 Å². The van der Waals surface area contributed by atoms with Crippen LogP contribution in [0.15, 0.2) is 41.3 Å². The lowest BCUT2D eigenvalue weighted by molar-refractivity contribution is 0.0524. The number of pyridine rings is 1. The van der Waals surface area contributed by atoms with Crippen molar-refractivity contribution in [2.45, 2.75) is 82.0 Å². The zero-order valence-electron chi connectivity index (χ0n) is 23.5. The van der Waals surface area contributed by atoms with Gasteiger partial charge < -0.3 is 14.1 Å². The third kappa shape index (κ3) is 6.79. The minimum Gasteiger partial charge on any atom is -0.462 e. The van der Waals surface area contributed by atoms with Gasteiger partial charge in [-0.15, -0.1) is 0 Å². The molecule has 0 aliphatic rings. The molecule has 0 spiro atoms. The van der Waals surface area contributed by atoms with Gasteiger partial charge in [0, 0.05) is 28.5 Å². The second-order valence-corrected chi connectivity index (χ2v) is 16.4. The summed E-state index contributed by atoms with van der Waals surface area (Å²) in [6, 6.07) is 7.66. The fourth-order valence-electron chi connectivity index (χ4n) is 4.66. The van der Waals surface area contributed by atoms with Crippen LogP contribution in [0.4, 0.5) is 8.78 Å². The van der Waals surface area contributed by atoms with Crippen LogP contribution >= 0.6 is 22.6 Å². The molecule has 0 amide bonds. The van der Waals surface area contributed by atoms with E-state index in [9.17, 15) is 18.8 Å². The van der Waals surface area contributed by atoms with E-state index in [1.54, 1.807) is 29.7 Å². The van der Waals surface area contributed by atoms with E-state index in [1.807, 2.05) is 20.0 Å². The van der Waals surface area contributed by atoms with E-state index in [4.69, 9.17) is 4.74 Å². The number of esters is 1. The number of alkyl halides is 1. The molecule has 0 aliphatic heterocycles. The quantitative estimate of drug-likeness (QED) is 0.0985. The maximum absolute atomic E-state index is 15.6. The number of halogens is 3. The SMILES string of the molecule is CCOC(=O)c1cn([C@@H](CC)CCC(C)(C)[Si](C)(C)O)c2cc(F)c(Cc3cccc(CI)c3F)cc2c1=O. The molecule has 0 unspecified atom stereocenters. The van der Waals surface area contributed by atoms with Crippen LogP contribution in [0.2, 0.25) is 18.1 Å². The van der Waals surface area contributed by atoms with Crippen molar-refractivity contribution < 1.29 is 23.1 Å². The zero-order chi connectivity index (χ0) is 29.1. The highest BCUT2D eigenvalue weighted by molar-refractivity contribution is 14.1. The van der Waals surface area contributed by atoms with Gasteiger partial charge in [0.05, 0.1) is 12.1 Å². The number of carbonyl (C=O) groups is 1. The number of hydrogen-bond donors (Lipinski definition) is 1. The van der Waals surface area contributed by atoms with Gasteiger partial charge in [-0.1, -0.05) is 61.6 Å². The molecule has 9 heteroatoms. The molecule has 0 radical (unpaired) electrons. The predicted molar refractivity (Wildman–Crippen MR) is 163 cm³/mol. The van der Waals surface area contributed by atoms with E-state index in [1.165, 1.54) is 18.3 Å². The highest BCUT2D eigenvalue weighted by Gasteiger charge is 2.38. The van der Waals surface area contributed by atoms with Crippen LogP contribution in [-0.2, 0) is 15.6 Å². The fraction of sp³-hybridized carbons (Fsp3) is 0.467. The summed E-state index contributed by atoms with van der Waals surface area (Å²) in [6.07, 6.45) is 3.51. The van der Waals surface area contributed by atoms with Gasteiger partial charge in [-0.05, 0) is 73.1 Å². The number of carbonyl (C=O) groups excluding carboxylic acids is 1. The molecule has 212 valence electrons. The Balaban J connectivity index is 2.19. The standard InChI is InChI=1S/C30H38F2INO4Si/c1-7-22(12-13-30(3,4)39(5,6)37)34-18-24(29(36)38-8-2)28(35)23-15-21(25(31)16-26(23)34)14-19-10-9-11-20(17-33)27(19)32/h9-11,15-16,18,22,37H,7-8,12-14,17H2,1-6H3/t22-/m0/s1. The van der Waals surface area contributed by atoms with Crippen LogP contribution < -0.4 is 5.43 Å². The van der Waals surface area contributed by atoms with E-state index < -0.39 is 25.5 Å². The normalized spacial score (nSPS) is 13.1. The van der Waals surface area contributed by atoms with Crippen molar-refractivity contribution in [3.05, 3.63) is 80.6 Å². The van der Waals surface area contributed by atoms with Crippen molar-refractivity contribution in [2.24, 2.45) is 0 Å². The number of fused-ring (bicyclic) bond motifs is 1. The maximum Gasteiger partial charge on any atom is 0.343 e. The lowest BCUT2D eigenvalue weighted by atomic mass is 9.97. The van der Waals surface area contributed by atoms with E-state index in [0.717, 1.165) is 6.42 Å². The Hall–Kier alpha value is -2.11. The first-order chi connectivity index (χ1) is 18.2. The first-order valence-corrected chi connectivity index (χ1v) is 17.8. The van der Waals surface area contributed by atoms with Crippen molar-refractivity contribution in [1.82, 2.24) is 4.57 Å². The third-order valence-corrected chi connectivity index (χ3v) is 12.4. The highest BCUT2D eigenvalue weighted by atomic mass is 127. The van der Waals surface area contributed by atoms with Gasteiger partial charge >= 0.3 is 5.97 Å². The molecule has 1 aromatic heterocycles. The van der Waals surface area contributed by atoms with Gasteiger partial charge in [-0.2, -0.15) is 0 Å². The first-order valence-electron chi connectivity index (χ1n) is 13.3. The highest BCUT2D eigenvalue weighted by Crippen LogP contribution is 2.42. The first kappa shape index (κ1) is 31.4. The molecule has 1 atom stereocenters. The average Bonchev–Trinajstić information content (AvgIpc) is 2.86. The van der Waals surface area contributed by atoms with Crippen molar-refractivity contribution >= 4 is 47.8 Å². The Morgan fingerprint density at radius 1 is 1.15 bits per heavy atom. The smallest absolute Gasteiger partial charge is 0.343 e. The summed E-state index contributed by atoms with van der Waals surface area (Å²) >= 11 is 2.08. The molecule has 0 aliphatic carbocycles. The molecule has 5 nitrogen and oxygen atoms in total. The minimum atomic E-state index is -2.46. The summed E-state index contributed by atoms with van der Waals surface area (Å²) in [7, 11) is -2.46. The largest absolute Gasteiger partial charge is 0.462 e. The Bertz CT molecular complexity index is 1410. The second-order valence-electron chi connectivity index (χ2n) is 11.2. The van der Waals surface area contributed by atoms with Crippen molar-refractivity contribution in [3.63, 3.8) is 0 Å². The summed E-state index contributed by atoms with van der Waals surface area (Å²) in [5.74, 6) is -1.66. The van der Waals surface area contributed by atoms with Crippen LogP contribution in [0.25, 0.3) is 10.9 Å². The monoisotopic (exact) mass is 669 g/mol. The number of benzene rings is 2. The van der Waals surface area contributed by atoms with Gasteiger partial charge in [0.15, 0.2) is 8.32 Å². The van der Waals surface area contributed by atoms with E-state index >= 15 is 4.39 Å². The number of rotatable bonds is 11. The number of aromatic nitrogens is 1. The number of hydrogen-bond acceptors (Lipinski definition) is 4. The van der Waals surface area contributed by atoms with Crippen LogP contribution in [-0.4, -0.2) is 30.3 Å². The molecule has 0 saturated carbocycles. The molecule has 3 aromatic rings. The van der Waals surface area contributed by atoms with Crippen molar-refractivity contribution in [1.29, 1.82) is 0 Å². The Morgan fingerprint density at radius 3 is 2.41 bits per heavy atom. The maximum atomic E-state index is 15.6. The molecule has 1 heterocycles. The Morgan fingerprint density at radius 2 is 1.82 bits per heavy atom. The van der Waals surface area contributed by atoms with Crippen LogP contribution in [0.5, 0.6) is 0 Å². The molecule has 0 saturated heterocycles. The molecular weight excluding hydrogens is 631 g/mol. The molecule has 3 rings (SSSR count). The molecule has 0 bridgehead atoms. The number of ether oxygens (including phenoxy) is 1. The van der Waals surface area contributed by atoms with Gasteiger partial charge in [-0.3, -0.25) is 4.79 Å². The topological polar surface area (TPSA) is 68.5 Å². The summed E-state index contributed by atoms with van der Waals surface area (Å²) < 4.78 is 38.0. The van der Waals surface area contributed by atoms with Crippen LogP contribution in [0.1, 0.15) is 80.0 Å². The average molecular weight is 670 g/mol. The third-order valence-electron chi connectivity index (χ3n) is 8.00. The van der Waals surface area contributed by atoms with Gasteiger partial charge in [0.2, 0.25) is 5.43 Å². The molecule has 1 N–H and O–H groups in total. The lowest BCUT2D eigenvalue weighted by Gasteiger charge is -2.36. The van der Waals surface area contributed by atoms with E-state index in [2.05, 4.69) is 36.4 Å². The summed E-state index contributed by atoms with van der Waals surface area (Å²) in [5, 5.41) is -0.0780. The molecular formula is C30H38F2INO4Si. The molecule has 39 heavy (non-hydrogen) atoms. The summed E-state index contributed by atoms with van der Waals surface area (Å²) in [6.45, 7) is 11.7. The van der Waals surface area contributed by atoms with E-state index in [-0.39, 0.29) is 46.4 Å².